The van der Waals surface area contributed by atoms with E-state index in [0.717, 1.165) is 38.9 Å². The summed E-state index contributed by atoms with van der Waals surface area (Å²) in [6, 6.07) is 11.8. The molecule has 5 nitrogen and oxygen atoms in total. The molecule has 0 aliphatic heterocycles. The Labute approximate surface area is 175 Å². The van der Waals surface area contributed by atoms with Gasteiger partial charge in [0.2, 0.25) is 0 Å². The van der Waals surface area contributed by atoms with Gasteiger partial charge in [-0.2, -0.15) is 0 Å². The summed E-state index contributed by atoms with van der Waals surface area (Å²) in [6.07, 6.45) is 5.72. The van der Waals surface area contributed by atoms with E-state index in [1.807, 2.05) is 56.6 Å². The quantitative estimate of drug-likeness (QED) is 0.500. The van der Waals surface area contributed by atoms with Gasteiger partial charge < -0.3 is 9.84 Å². The Morgan fingerprint density at radius 2 is 1.76 bits per heavy atom. The van der Waals surface area contributed by atoms with Crippen molar-refractivity contribution in [3.05, 3.63) is 64.8 Å². The van der Waals surface area contributed by atoms with Crippen molar-refractivity contribution in [2.45, 2.75) is 46.1 Å². The molecule has 3 aromatic rings. The lowest BCUT2D eigenvalue weighted by molar-refractivity contribution is -0.141. The molecule has 2 heterocycles. The molecule has 0 spiro atoms. The molecule has 1 aromatic carbocycles. The number of nitrogens with zero attached hydrogens (tertiary/aromatic N) is 2. The molecule has 2 aromatic heterocycles. The fourth-order valence-corrected chi connectivity index (χ4v) is 3.95. The molecule has 152 valence electrons. The predicted molar refractivity (Wildman–Crippen MR) is 115 cm³/mol. The molecule has 3 rings (SSSR count). The summed E-state index contributed by atoms with van der Waals surface area (Å²) in [5.74, 6) is 0.407. The van der Waals surface area contributed by atoms with Gasteiger partial charge in [-0.15, -0.1) is 11.3 Å². The Morgan fingerprint density at radius 3 is 2.34 bits per heavy atom. The molecule has 29 heavy (non-hydrogen) atoms. The molecular formula is C23H26N2O3S. The number of carbonyl (C=O) groups is 1. The molecule has 0 aliphatic carbocycles. The van der Waals surface area contributed by atoms with Gasteiger partial charge in [0.05, 0.1) is 10.8 Å². The highest BCUT2D eigenvalue weighted by Gasteiger charge is 2.16. The fourth-order valence-electron chi connectivity index (χ4n) is 3.01. The Bertz CT molecular complexity index is 936. The van der Waals surface area contributed by atoms with Crippen LogP contribution in [0.25, 0.3) is 10.7 Å². The average Bonchev–Trinajstić information content (AvgIpc) is 3.23. The molecular weight excluding hydrogens is 384 g/mol. The zero-order chi connectivity index (χ0) is 20.8. The number of aliphatic carboxylic acids is 1. The molecule has 6 heteroatoms. The number of ether oxygens (including phenoxy) is 1. The smallest absolute Gasteiger partial charge is 0.306 e. The molecule has 1 N–H and O–H groups in total. The lowest BCUT2D eigenvalue weighted by Gasteiger charge is -2.14. The van der Waals surface area contributed by atoms with E-state index in [2.05, 4.69) is 23.0 Å². The van der Waals surface area contributed by atoms with Gasteiger partial charge in [-0.1, -0.05) is 26.0 Å². The molecule has 0 bridgehead atoms. The van der Waals surface area contributed by atoms with Gasteiger partial charge in [-0.05, 0) is 61.6 Å². The Balaban J connectivity index is 1.63. The van der Waals surface area contributed by atoms with E-state index in [-0.39, 0.29) is 12.0 Å². The number of aromatic nitrogens is 2. The number of thiophene rings is 1. The minimum atomic E-state index is -0.747. The van der Waals surface area contributed by atoms with Gasteiger partial charge in [0, 0.05) is 17.3 Å². The van der Waals surface area contributed by atoms with E-state index in [4.69, 9.17) is 4.74 Å². The van der Waals surface area contributed by atoms with Crippen LogP contribution in [0.2, 0.25) is 0 Å². The van der Waals surface area contributed by atoms with Crippen LogP contribution >= 0.6 is 11.3 Å². The van der Waals surface area contributed by atoms with Crippen molar-refractivity contribution in [2.75, 3.05) is 0 Å². The molecule has 0 fully saturated rings. The van der Waals surface area contributed by atoms with Gasteiger partial charge in [0.1, 0.15) is 11.9 Å². The first kappa shape index (κ1) is 21.0. The molecule has 0 aliphatic rings. The lowest BCUT2D eigenvalue weighted by Crippen LogP contribution is -2.15. The van der Waals surface area contributed by atoms with Crippen molar-refractivity contribution in [2.24, 2.45) is 5.92 Å². The van der Waals surface area contributed by atoms with Crippen LogP contribution in [0.5, 0.6) is 5.75 Å². The van der Waals surface area contributed by atoms with Crippen LogP contribution < -0.4 is 4.74 Å². The lowest BCUT2D eigenvalue weighted by atomic mass is 9.97. The van der Waals surface area contributed by atoms with Gasteiger partial charge in [0.25, 0.3) is 0 Å². The number of hydrogen-bond donors (Lipinski definition) is 1. The van der Waals surface area contributed by atoms with Crippen LogP contribution in [0.3, 0.4) is 0 Å². The highest BCUT2D eigenvalue weighted by atomic mass is 32.1. The molecule has 0 saturated heterocycles. The van der Waals surface area contributed by atoms with Crippen LogP contribution in [0.4, 0.5) is 0 Å². The van der Waals surface area contributed by atoms with E-state index in [1.54, 1.807) is 11.3 Å². The van der Waals surface area contributed by atoms with Crippen LogP contribution in [-0.2, 0) is 17.6 Å². The molecule has 0 amide bonds. The fraction of sp³-hybridized carbons (Fsp3) is 0.348. The molecule has 2 atom stereocenters. The largest absolute Gasteiger partial charge is 0.485 e. The molecule has 0 saturated carbocycles. The van der Waals surface area contributed by atoms with E-state index < -0.39 is 5.97 Å². The van der Waals surface area contributed by atoms with Crippen molar-refractivity contribution in [3.8, 4) is 16.5 Å². The number of carboxylic acids is 1. The summed E-state index contributed by atoms with van der Waals surface area (Å²) in [5, 5.41) is 9.21. The second-order valence-corrected chi connectivity index (χ2v) is 8.14. The van der Waals surface area contributed by atoms with Crippen molar-refractivity contribution >= 4 is 17.3 Å². The number of rotatable bonds is 9. The van der Waals surface area contributed by atoms with Gasteiger partial charge in [-0.25, -0.2) is 9.97 Å². The first-order valence-corrected chi connectivity index (χ1v) is 10.7. The normalized spacial score (nSPS) is 13.1. The number of aryl methyl sites for hydroxylation is 1. The van der Waals surface area contributed by atoms with Crippen LogP contribution in [0.1, 0.15) is 49.3 Å². The third-order valence-electron chi connectivity index (χ3n) is 4.92. The van der Waals surface area contributed by atoms with E-state index in [9.17, 15) is 9.90 Å². The van der Waals surface area contributed by atoms with E-state index in [0.29, 0.717) is 12.8 Å². The monoisotopic (exact) mass is 410 g/mol. The highest BCUT2D eigenvalue weighted by molar-refractivity contribution is 7.15. The predicted octanol–water partition coefficient (Wildman–Crippen LogP) is 5.56. The van der Waals surface area contributed by atoms with Crippen molar-refractivity contribution in [1.29, 1.82) is 0 Å². The minimum Gasteiger partial charge on any atom is -0.485 e. The maximum absolute atomic E-state index is 11.2. The summed E-state index contributed by atoms with van der Waals surface area (Å²) in [6.45, 7) is 6.00. The van der Waals surface area contributed by atoms with Crippen molar-refractivity contribution in [3.63, 3.8) is 0 Å². The zero-order valence-corrected chi connectivity index (χ0v) is 17.8. The number of benzene rings is 1. The maximum Gasteiger partial charge on any atom is 0.306 e. The summed E-state index contributed by atoms with van der Waals surface area (Å²) < 4.78 is 6.07. The highest BCUT2D eigenvalue weighted by Crippen LogP contribution is 2.32. The summed E-state index contributed by atoms with van der Waals surface area (Å²) in [7, 11) is 0. The topological polar surface area (TPSA) is 72.3 Å². The Hall–Kier alpha value is -2.73. The van der Waals surface area contributed by atoms with Crippen molar-refractivity contribution in [1.82, 2.24) is 9.97 Å². The number of carboxylic acid groups (broad SMARTS) is 1. The second kappa shape index (κ2) is 9.65. The van der Waals surface area contributed by atoms with E-state index in [1.165, 1.54) is 0 Å². The van der Waals surface area contributed by atoms with Crippen molar-refractivity contribution < 1.29 is 14.6 Å². The third kappa shape index (κ3) is 5.41. The third-order valence-corrected chi connectivity index (χ3v) is 6.16. The molecule has 0 radical (unpaired) electrons. The van der Waals surface area contributed by atoms with E-state index >= 15 is 0 Å². The van der Waals surface area contributed by atoms with Crippen LogP contribution in [0.15, 0.2) is 48.8 Å². The molecule has 2 unspecified atom stereocenters. The van der Waals surface area contributed by atoms with Crippen LogP contribution in [0, 0.1) is 5.92 Å². The SMILES string of the molecule is CCc1cnc(-c2ccc(C(C)Oc3ccc(CC(CC)C(=O)O)cc3)s2)nc1. The first-order chi connectivity index (χ1) is 14.0. The first-order valence-electron chi connectivity index (χ1n) is 9.89. The van der Waals surface area contributed by atoms with Gasteiger partial charge in [0.15, 0.2) is 5.82 Å². The average molecular weight is 411 g/mol. The zero-order valence-electron chi connectivity index (χ0n) is 17.0. The summed E-state index contributed by atoms with van der Waals surface area (Å²) in [4.78, 5) is 22.2. The Morgan fingerprint density at radius 1 is 1.07 bits per heavy atom. The Kier molecular flexibility index (Phi) is 6.99. The number of hydrogen-bond acceptors (Lipinski definition) is 5. The maximum atomic E-state index is 11.2. The van der Waals surface area contributed by atoms with Gasteiger partial charge in [-0.3, -0.25) is 4.79 Å². The standard InChI is InChI=1S/C23H26N2O3S/c1-4-16-13-24-22(25-14-16)21-11-10-20(29-21)15(3)28-19-8-6-17(7-9-19)12-18(5-2)23(26)27/h6-11,13-15,18H,4-5,12H2,1-3H3,(H,26,27). The van der Waals surface area contributed by atoms with Crippen LogP contribution in [-0.4, -0.2) is 21.0 Å². The second-order valence-electron chi connectivity index (χ2n) is 7.02. The summed E-state index contributed by atoms with van der Waals surface area (Å²) in [5.41, 5.74) is 2.13. The summed E-state index contributed by atoms with van der Waals surface area (Å²) >= 11 is 1.63. The minimum absolute atomic E-state index is 0.100. The van der Waals surface area contributed by atoms with Gasteiger partial charge >= 0.3 is 5.97 Å².